The topological polar surface area (TPSA) is 93.2 Å². The zero-order valence-corrected chi connectivity index (χ0v) is 15.9. The van der Waals surface area contributed by atoms with Crippen molar-refractivity contribution >= 4 is 25.4 Å². The Morgan fingerprint density at radius 3 is 2.42 bits per heavy atom. The Labute approximate surface area is 158 Å². The Morgan fingerprint density at radius 2 is 1.88 bits per heavy atom. The molecule has 0 aliphatic carbocycles. The summed E-state index contributed by atoms with van der Waals surface area (Å²) in [6.07, 6.45) is 0.0792. The zero-order chi connectivity index (χ0) is 18.9. The summed E-state index contributed by atoms with van der Waals surface area (Å²) in [5.74, 6) is -0.797. The number of rotatable bonds is 8. The Balaban J connectivity index is 2.27. The second kappa shape index (κ2) is 9.71. The van der Waals surface area contributed by atoms with E-state index in [2.05, 4.69) is 6.07 Å². The van der Waals surface area contributed by atoms with Gasteiger partial charge in [0.05, 0.1) is 0 Å². The predicted molar refractivity (Wildman–Crippen MR) is 97.8 cm³/mol. The van der Waals surface area contributed by atoms with Crippen LogP contribution < -0.4 is 4.46 Å². The van der Waals surface area contributed by atoms with Crippen molar-refractivity contribution in [1.82, 2.24) is 0 Å². The number of carbonyl (C=O) groups excluding carboxylic acids is 1. The van der Waals surface area contributed by atoms with Crippen molar-refractivity contribution in [3.8, 4) is 6.07 Å². The predicted octanol–water partition coefficient (Wildman–Crippen LogP) is 2.23. The molecule has 0 amide bonds. The van der Waals surface area contributed by atoms with Gasteiger partial charge in [-0.25, -0.2) is 0 Å². The van der Waals surface area contributed by atoms with Gasteiger partial charge in [-0.1, -0.05) is 0 Å². The molecule has 0 fully saturated rings. The number of nitrogens with zero attached hydrogens (tertiary/aromatic N) is 2. The quantitative estimate of drug-likeness (QED) is 0.284. The van der Waals surface area contributed by atoms with Crippen molar-refractivity contribution < 1.29 is 14.5 Å². The second-order valence-electron chi connectivity index (χ2n) is 5.44. The molecule has 2 atom stereocenters. The summed E-state index contributed by atoms with van der Waals surface area (Å²) in [5, 5.41) is 20.3. The van der Waals surface area contributed by atoms with Crippen molar-refractivity contribution in [3.63, 3.8) is 0 Å². The Morgan fingerprint density at radius 1 is 1.23 bits per heavy atom. The molecule has 0 saturated carbocycles. The van der Waals surface area contributed by atoms with Gasteiger partial charge >= 0.3 is 158 Å². The van der Waals surface area contributed by atoms with Crippen molar-refractivity contribution in [2.24, 2.45) is 0 Å². The van der Waals surface area contributed by atoms with Gasteiger partial charge in [-0.15, -0.1) is 0 Å². The van der Waals surface area contributed by atoms with Crippen molar-refractivity contribution in [3.05, 3.63) is 75.8 Å². The molecule has 2 rings (SSSR count). The van der Waals surface area contributed by atoms with E-state index in [0.29, 0.717) is 5.56 Å². The number of benzene rings is 2. The van der Waals surface area contributed by atoms with E-state index in [0.717, 1.165) is 10.0 Å². The van der Waals surface area contributed by atoms with Gasteiger partial charge in [0, 0.05) is 0 Å². The molecule has 0 saturated heterocycles. The fraction of sp³-hybridized carbons (Fsp3) is 0.263. The molecule has 2 aromatic rings. The van der Waals surface area contributed by atoms with E-state index in [1.807, 2.05) is 42.5 Å². The maximum absolute atomic E-state index is 12.0. The molecular weight excluding hydrogens is 399 g/mol. The van der Waals surface area contributed by atoms with Crippen LogP contribution in [0.1, 0.15) is 29.3 Å². The molecule has 6 nitrogen and oxygen atoms in total. The summed E-state index contributed by atoms with van der Waals surface area (Å²) in [7, 11) is 0. The van der Waals surface area contributed by atoms with Crippen LogP contribution in [-0.2, 0) is 9.53 Å². The van der Waals surface area contributed by atoms with Crippen molar-refractivity contribution in [2.45, 2.75) is 24.2 Å². The Hall–Kier alpha value is -2.68. The number of ether oxygens (including phenoxy) is 1. The molecule has 0 aromatic heterocycles. The zero-order valence-electron chi connectivity index (χ0n) is 14.2. The first kappa shape index (κ1) is 19.6. The van der Waals surface area contributed by atoms with E-state index >= 15 is 0 Å². The number of hydrogen-bond acceptors (Lipinski definition) is 5. The summed E-state index contributed by atoms with van der Waals surface area (Å²) >= 11 is -0.143. The van der Waals surface area contributed by atoms with Gasteiger partial charge in [0.15, 0.2) is 0 Å². The number of esters is 1. The monoisotopic (exact) mass is 418 g/mol. The standard InChI is InChI=1S/C19H18N2O4Se/c1-2-25-19(22)17(21(23)24)12-18(15-6-4-3-5-7-15)26-16-10-8-14(13-20)9-11-16/h3-11,17-18H,2,12H2,1H3. The second-order valence-corrected chi connectivity index (χ2v) is 8.12. The van der Waals surface area contributed by atoms with Crippen molar-refractivity contribution in [1.29, 1.82) is 5.26 Å². The van der Waals surface area contributed by atoms with Gasteiger partial charge < -0.3 is 0 Å². The third kappa shape index (κ3) is 5.41. The van der Waals surface area contributed by atoms with Crippen LogP contribution >= 0.6 is 0 Å². The van der Waals surface area contributed by atoms with Crippen LogP contribution in [0.25, 0.3) is 0 Å². The fourth-order valence-corrected chi connectivity index (χ4v) is 4.91. The van der Waals surface area contributed by atoms with E-state index < -0.39 is 16.9 Å². The summed E-state index contributed by atoms with van der Waals surface area (Å²) in [4.78, 5) is 22.7. The summed E-state index contributed by atoms with van der Waals surface area (Å²) in [6.45, 7) is 1.74. The Kier molecular flexibility index (Phi) is 7.34. The summed E-state index contributed by atoms with van der Waals surface area (Å²) in [6, 6.07) is 17.3. The average Bonchev–Trinajstić information content (AvgIpc) is 2.66. The molecule has 0 heterocycles. The minimum atomic E-state index is -1.39. The first-order valence-electron chi connectivity index (χ1n) is 8.07. The van der Waals surface area contributed by atoms with Gasteiger partial charge in [-0.2, -0.15) is 0 Å². The molecule has 134 valence electrons. The van der Waals surface area contributed by atoms with Crippen molar-refractivity contribution in [2.75, 3.05) is 6.61 Å². The van der Waals surface area contributed by atoms with Crippen LogP contribution in [0.5, 0.6) is 0 Å². The molecule has 26 heavy (non-hydrogen) atoms. The van der Waals surface area contributed by atoms with E-state index in [4.69, 9.17) is 10.00 Å². The van der Waals surface area contributed by atoms with Crippen LogP contribution in [0.3, 0.4) is 0 Å². The van der Waals surface area contributed by atoms with Crippen LogP contribution in [0.15, 0.2) is 54.6 Å². The van der Waals surface area contributed by atoms with Gasteiger partial charge in [0.1, 0.15) is 0 Å². The van der Waals surface area contributed by atoms with Gasteiger partial charge in [0.2, 0.25) is 0 Å². The van der Waals surface area contributed by atoms with E-state index in [9.17, 15) is 14.9 Å². The average molecular weight is 417 g/mol. The molecule has 0 aliphatic rings. The first-order valence-corrected chi connectivity index (χ1v) is 9.91. The molecule has 0 spiro atoms. The van der Waals surface area contributed by atoms with Gasteiger partial charge in [0.25, 0.3) is 0 Å². The van der Waals surface area contributed by atoms with Crippen LogP contribution in [0.2, 0.25) is 0 Å². The summed E-state index contributed by atoms with van der Waals surface area (Å²) in [5.41, 5.74) is 1.52. The third-order valence-corrected chi connectivity index (χ3v) is 6.40. The molecule has 2 aromatic carbocycles. The number of nitro groups is 1. The first-order chi connectivity index (χ1) is 12.5. The van der Waals surface area contributed by atoms with Crippen LogP contribution in [0.4, 0.5) is 0 Å². The molecular formula is C19H18N2O4Se. The molecule has 2 unspecified atom stereocenters. The molecule has 0 aliphatic heterocycles. The van der Waals surface area contributed by atoms with Crippen LogP contribution in [0, 0.1) is 21.4 Å². The van der Waals surface area contributed by atoms with Gasteiger partial charge in [-0.3, -0.25) is 0 Å². The molecule has 0 N–H and O–H groups in total. The van der Waals surface area contributed by atoms with E-state index in [1.165, 1.54) is 0 Å². The minimum absolute atomic E-state index is 0.0792. The molecule has 0 radical (unpaired) electrons. The summed E-state index contributed by atoms with van der Waals surface area (Å²) < 4.78 is 5.88. The Bertz CT molecular complexity index is 787. The normalized spacial score (nSPS) is 12.6. The third-order valence-electron chi connectivity index (χ3n) is 3.68. The van der Waals surface area contributed by atoms with Gasteiger partial charge in [-0.05, 0) is 0 Å². The fourth-order valence-electron chi connectivity index (χ4n) is 2.40. The molecule has 0 bridgehead atoms. The number of nitriles is 1. The SMILES string of the molecule is CCOC(=O)C(CC([Se]c1ccc(C#N)cc1)c1ccccc1)[N+](=O)[O-]. The maximum atomic E-state index is 12.0. The number of carbonyl (C=O) groups is 1. The number of hydrogen-bond donors (Lipinski definition) is 0. The van der Waals surface area contributed by atoms with Crippen LogP contribution in [-0.4, -0.2) is 38.5 Å². The van der Waals surface area contributed by atoms with E-state index in [-0.39, 0.29) is 32.8 Å². The van der Waals surface area contributed by atoms with E-state index in [1.54, 1.807) is 19.1 Å². The molecule has 7 heteroatoms.